The Balaban J connectivity index is 2.00. The van der Waals surface area contributed by atoms with Crippen LogP contribution in [0, 0.1) is 0 Å². The second-order valence-electron chi connectivity index (χ2n) is 5.83. The second kappa shape index (κ2) is 6.01. The molecule has 6 heteroatoms. The first-order valence-corrected chi connectivity index (χ1v) is 8.29. The van der Waals surface area contributed by atoms with Crippen LogP contribution in [0.3, 0.4) is 0 Å². The fraction of sp³-hybridized carbons (Fsp3) is 0.500. The van der Waals surface area contributed by atoms with Crippen LogP contribution in [-0.2, 0) is 9.53 Å². The molecule has 118 valence electrons. The number of carboxylic acids is 1. The first-order valence-electron chi connectivity index (χ1n) is 7.50. The van der Waals surface area contributed by atoms with Crippen LogP contribution >= 0.6 is 15.9 Å². The Hall–Kier alpha value is -1.40. The molecule has 3 rings (SSSR count). The molecule has 0 unspecified atom stereocenters. The summed E-state index contributed by atoms with van der Waals surface area (Å²) in [4.78, 5) is 26.0. The van der Waals surface area contributed by atoms with Crippen molar-refractivity contribution in [3.63, 3.8) is 0 Å². The average Bonchev–Trinajstić information content (AvgIpc) is 2.87. The highest BCUT2D eigenvalue weighted by Gasteiger charge is 2.53. The molecule has 1 amide bonds. The molecule has 1 aliphatic carbocycles. The van der Waals surface area contributed by atoms with Crippen molar-refractivity contribution in [2.24, 2.45) is 0 Å². The minimum absolute atomic E-state index is 0.0610. The third-order valence-corrected chi connectivity index (χ3v) is 5.20. The van der Waals surface area contributed by atoms with E-state index in [0.29, 0.717) is 22.9 Å². The quantitative estimate of drug-likeness (QED) is 0.872. The van der Waals surface area contributed by atoms with Crippen molar-refractivity contribution in [1.82, 2.24) is 4.90 Å². The fourth-order valence-electron chi connectivity index (χ4n) is 3.42. The molecule has 2 fully saturated rings. The van der Waals surface area contributed by atoms with Crippen molar-refractivity contribution >= 4 is 27.8 Å². The van der Waals surface area contributed by atoms with Gasteiger partial charge in [0, 0.05) is 4.47 Å². The second-order valence-corrected chi connectivity index (χ2v) is 6.68. The molecule has 1 aliphatic heterocycles. The molecule has 1 aromatic carbocycles. The van der Waals surface area contributed by atoms with E-state index in [2.05, 4.69) is 15.9 Å². The summed E-state index contributed by atoms with van der Waals surface area (Å²) in [5.41, 5.74) is -0.280. The van der Waals surface area contributed by atoms with Crippen LogP contribution in [0.15, 0.2) is 28.7 Å². The summed E-state index contributed by atoms with van der Waals surface area (Å²) in [6.45, 7) is 0.0610. The van der Waals surface area contributed by atoms with Gasteiger partial charge < -0.3 is 9.84 Å². The average molecular weight is 368 g/mol. The Morgan fingerprint density at radius 1 is 1.23 bits per heavy atom. The fourth-order valence-corrected chi connectivity index (χ4v) is 3.88. The minimum Gasteiger partial charge on any atom is -0.480 e. The number of hydrogen-bond acceptors (Lipinski definition) is 3. The van der Waals surface area contributed by atoms with Crippen LogP contribution in [-0.4, -0.2) is 40.3 Å². The predicted molar refractivity (Wildman–Crippen MR) is 83.5 cm³/mol. The molecule has 1 aromatic rings. The molecule has 1 N–H and O–H groups in total. The number of nitrogens with zero attached hydrogens (tertiary/aromatic N) is 1. The number of halogens is 1. The maximum atomic E-state index is 13.0. The standard InChI is InChI=1S/C16H18BrNO4/c17-12-7-3-2-6-11(12)14(19)18-13(15(20)21)10-22-16(18)8-4-1-5-9-16/h2-3,6-7,13H,1,4-5,8-10H2,(H,20,21)/t13-/m0/s1. The molecule has 0 bridgehead atoms. The van der Waals surface area contributed by atoms with Gasteiger partial charge in [0.1, 0.15) is 5.72 Å². The van der Waals surface area contributed by atoms with Gasteiger partial charge in [0.2, 0.25) is 0 Å². The number of carbonyl (C=O) groups is 2. The predicted octanol–water partition coefficient (Wildman–Crippen LogP) is 3.04. The van der Waals surface area contributed by atoms with Gasteiger partial charge in [0.15, 0.2) is 6.04 Å². The van der Waals surface area contributed by atoms with Crippen LogP contribution in [0.1, 0.15) is 42.5 Å². The van der Waals surface area contributed by atoms with Crippen LogP contribution in [0.4, 0.5) is 0 Å². The lowest BCUT2D eigenvalue weighted by Gasteiger charge is -2.41. The monoisotopic (exact) mass is 367 g/mol. The highest BCUT2D eigenvalue weighted by Crippen LogP contribution is 2.41. The van der Waals surface area contributed by atoms with E-state index in [1.165, 1.54) is 4.90 Å². The number of ether oxygens (including phenoxy) is 1. The lowest BCUT2D eigenvalue weighted by molar-refractivity contribution is -0.143. The zero-order valence-electron chi connectivity index (χ0n) is 12.1. The van der Waals surface area contributed by atoms with Gasteiger partial charge >= 0.3 is 5.97 Å². The highest BCUT2D eigenvalue weighted by atomic mass is 79.9. The van der Waals surface area contributed by atoms with Crippen molar-refractivity contribution in [3.05, 3.63) is 34.3 Å². The summed E-state index contributed by atoms with van der Waals surface area (Å²) in [6, 6.07) is 6.18. The largest absolute Gasteiger partial charge is 0.480 e. The number of carbonyl (C=O) groups excluding carboxylic acids is 1. The van der Waals surface area contributed by atoms with E-state index < -0.39 is 17.7 Å². The van der Waals surface area contributed by atoms with Gasteiger partial charge in [0.25, 0.3) is 5.91 Å². The molecule has 1 atom stereocenters. The molecule has 5 nitrogen and oxygen atoms in total. The molecular weight excluding hydrogens is 350 g/mol. The highest BCUT2D eigenvalue weighted by molar-refractivity contribution is 9.10. The molecule has 0 aromatic heterocycles. The van der Waals surface area contributed by atoms with E-state index in [0.717, 1.165) is 19.3 Å². The lowest BCUT2D eigenvalue weighted by Crippen LogP contribution is -2.54. The maximum Gasteiger partial charge on any atom is 0.328 e. The van der Waals surface area contributed by atoms with Crippen LogP contribution < -0.4 is 0 Å². The van der Waals surface area contributed by atoms with Gasteiger partial charge in [-0.25, -0.2) is 4.79 Å². The smallest absolute Gasteiger partial charge is 0.328 e. The third kappa shape index (κ3) is 2.54. The van der Waals surface area contributed by atoms with Crippen LogP contribution in [0.5, 0.6) is 0 Å². The van der Waals surface area contributed by atoms with Crippen LogP contribution in [0.2, 0.25) is 0 Å². The normalized spacial score (nSPS) is 23.7. The maximum absolute atomic E-state index is 13.0. The van der Waals surface area contributed by atoms with Crippen molar-refractivity contribution in [2.45, 2.75) is 43.9 Å². The summed E-state index contributed by atoms with van der Waals surface area (Å²) >= 11 is 3.38. The van der Waals surface area contributed by atoms with Crippen molar-refractivity contribution in [1.29, 1.82) is 0 Å². The van der Waals surface area contributed by atoms with Gasteiger partial charge in [-0.2, -0.15) is 0 Å². The Bertz CT molecular complexity index is 598. The number of rotatable bonds is 2. The molecule has 2 aliphatic rings. The number of hydrogen-bond donors (Lipinski definition) is 1. The summed E-state index contributed by atoms with van der Waals surface area (Å²) in [5, 5.41) is 9.48. The van der Waals surface area contributed by atoms with Gasteiger partial charge in [-0.1, -0.05) is 18.6 Å². The SMILES string of the molecule is O=C(O)[C@@H]1COC2(CCCCC2)N1C(=O)c1ccccc1Br. The minimum atomic E-state index is -1.01. The van der Waals surface area contributed by atoms with E-state index in [4.69, 9.17) is 4.74 Å². The molecule has 1 spiro atoms. The Labute approximate surface area is 137 Å². The van der Waals surface area contributed by atoms with E-state index >= 15 is 0 Å². The molecule has 1 heterocycles. The molecule has 22 heavy (non-hydrogen) atoms. The van der Waals surface area contributed by atoms with Gasteiger partial charge in [-0.05, 0) is 53.7 Å². The van der Waals surface area contributed by atoms with Gasteiger partial charge in [0.05, 0.1) is 12.2 Å². The lowest BCUT2D eigenvalue weighted by atomic mass is 9.89. The summed E-state index contributed by atoms with van der Waals surface area (Å²) in [6.07, 6.45) is 4.40. The number of amides is 1. The topological polar surface area (TPSA) is 66.8 Å². The molecule has 1 saturated heterocycles. The van der Waals surface area contributed by atoms with Crippen molar-refractivity contribution in [2.75, 3.05) is 6.61 Å². The zero-order chi connectivity index (χ0) is 15.7. The molecule has 1 saturated carbocycles. The van der Waals surface area contributed by atoms with Crippen molar-refractivity contribution < 1.29 is 19.4 Å². The number of benzene rings is 1. The zero-order valence-corrected chi connectivity index (χ0v) is 13.7. The third-order valence-electron chi connectivity index (χ3n) is 4.50. The van der Waals surface area contributed by atoms with E-state index in [1.807, 2.05) is 6.07 Å². The van der Waals surface area contributed by atoms with Crippen LogP contribution in [0.25, 0.3) is 0 Å². The van der Waals surface area contributed by atoms with Crippen molar-refractivity contribution in [3.8, 4) is 0 Å². The first kappa shape index (κ1) is 15.5. The van der Waals surface area contributed by atoms with E-state index in [-0.39, 0.29) is 12.5 Å². The molecular formula is C16H18BrNO4. The van der Waals surface area contributed by atoms with Gasteiger partial charge in [-0.3, -0.25) is 9.69 Å². The summed E-state index contributed by atoms with van der Waals surface area (Å²) in [5.74, 6) is -1.29. The summed E-state index contributed by atoms with van der Waals surface area (Å²) in [7, 11) is 0. The summed E-state index contributed by atoms with van der Waals surface area (Å²) < 4.78 is 6.53. The van der Waals surface area contributed by atoms with Gasteiger partial charge in [-0.15, -0.1) is 0 Å². The Morgan fingerprint density at radius 2 is 1.91 bits per heavy atom. The van der Waals surface area contributed by atoms with E-state index in [1.54, 1.807) is 18.2 Å². The number of aliphatic carboxylic acids is 1. The Morgan fingerprint density at radius 3 is 2.55 bits per heavy atom. The van der Waals surface area contributed by atoms with E-state index in [9.17, 15) is 14.7 Å². The molecule has 0 radical (unpaired) electrons. The Kier molecular flexibility index (Phi) is 4.23. The number of carboxylic acid groups (broad SMARTS) is 1. The first-order chi connectivity index (χ1) is 10.6.